The standard InChI is InChI=1S/C15H28N2O/c1-2-11-17(14-6-9-16-10-7-14)12-8-13-4-3-5-15(13)18/h13-14,16H,2-12H2,1H3. The van der Waals surface area contributed by atoms with Crippen LogP contribution in [0.3, 0.4) is 0 Å². The monoisotopic (exact) mass is 252 g/mol. The largest absolute Gasteiger partial charge is 0.317 e. The minimum Gasteiger partial charge on any atom is -0.317 e. The van der Waals surface area contributed by atoms with E-state index in [-0.39, 0.29) is 0 Å². The minimum absolute atomic E-state index is 0.381. The van der Waals surface area contributed by atoms with E-state index in [1.807, 2.05) is 0 Å². The van der Waals surface area contributed by atoms with E-state index in [2.05, 4.69) is 17.1 Å². The van der Waals surface area contributed by atoms with Crippen LogP contribution in [0.5, 0.6) is 0 Å². The number of rotatable bonds is 6. The topological polar surface area (TPSA) is 32.3 Å². The molecule has 0 bridgehead atoms. The average Bonchev–Trinajstić information content (AvgIpc) is 2.81. The van der Waals surface area contributed by atoms with Crippen LogP contribution in [-0.4, -0.2) is 42.9 Å². The van der Waals surface area contributed by atoms with Gasteiger partial charge in [0.2, 0.25) is 0 Å². The molecule has 0 radical (unpaired) electrons. The van der Waals surface area contributed by atoms with Crippen LogP contribution in [0.4, 0.5) is 0 Å². The number of hydrogen-bond donors (Lipinski definition) is 1. The van der Waals surface area contributed by atoms with E-state index in [0.717, 1.165) is 51.4 Å². The number of nitrogens with one attached hydrogen (secondary N) is 1. The van der Waals surface area contributed by atoms with Crippen LogP contribution in [0.25, 0.3) is 0 Å². The molecule has 1 atom stereocenters. The number of hydrogen-bond acceptors (Lipinski definition) is 3. The maximum absolute atomic E-state index is 11.7. The van der Waals surface area contributed by atoms with Crippen molar-refractivity contribution in [2.45, 2.75) is 57.9 Å². The van der Waals surface area contributed by atoms with Gasteiger partial charge in [0.15, 0.2) is 0 Å². The van der Waals surface area contributed by atoms with E-state index in [9.17, 15) is 4.79 Å². The van der Waals surface area contributed by atoms with Crippen molar-refractivity contribution in [1.29, 1.82) is 0 Å². The lowest BCUT2D eigenvalue weighted by Crippen LogP contribution is -2.44. The van der Waals surface area contributed by atoms with E-state index in [1.165, 1.54) is 25.8 Å². The molecule has 18 heavy (non-hydrogen) atoms. The maximum Gasteiger partial charge on any atom is 0.136 e. The molecule has 1 N–H and O–H groups in total. The molecule has 104 valence electrons. The summed E-state index contributed by atoms with van der Waals surface area (Å²) in [6.45, 7) is 6.91. The third-order valence-corrected chi connectivity index (χ3v) is 4.53. The lowest BCUT2D eigenvalue weighted by Gasteiger charge is -2.35. The van der Waals surface area contributed by atoms with Gasteiger partial charge >= 0.3 is 0 Å². The third-order valence-electron chi connectivity index (χ3n) is 4.53. The van der Waals surface area contributed by atoms with Gasteiger partial charge in [0.05, 0.1) is 0 Å². The Labute approximate surface area is 111 Å². The fourth-order valence-corrected chi connectivity index (χ4v) is 3.45. The molecule has 1 aliphatic carbocycles. The van der Waals surface area contributed by atoms with Crippen molar-refractivity contribution in [2.75, 3.05) is 26.2 Å². The minimum atomic E-state index is 0.381. The zero-order valence-corrected chi connectivity index (χ0v) is 11.8. The van der Waals surface area contributed by atoms with Crippen LogP contribution >= 0.6 is 0 Å². The lowest BCUT2D eigenvalue weighted by atomic mass is 10.00. The quantitative estimate of drug-likeness (QED) is 0.786. The number of Topliss-reactive ketones (excluding diaryl/α,β-unsaturated/α-hetero) is 1. The molecule has 1 saturated heterocycles. The number of piperidine rings is 1. The highest BCUT2D eigenvalue weighted by Crippen LogP contribution is 2.25. The summed E-state index contributed by atoms with van der Waals surface area (Å²) in [6, 6.07) is 0.753. The molecule has 2 aliphatic rings. The van der Waals surface area contributed by atoms with Crippen LogP contribution in [0, 0.1) is 5.92 Å². The highest BCUT2D eigenvalue weighted by atomic mass is 16.1. The molecule has 0 aromatic heterocycles. The van der Waals surface area contributed by atoms with Crippen molar-refractivity contribution in [2.24, 2.45) is 5.92 Å². The molecule has 1 aliphatic heterocycles. The second kappa shape index (κ2) is 7.25. The van der Waals surface area contributed by atoms with Gasteiger partial charge < -0.3 is 10.2 Å². The van der Waals surface area contributed by atoms with E-state index in [0.29, 0.717) is 11.7 Å². The van der Waals surface area contributed by atoms with Crippen molar-refractivity contribution >= 4 is 5.78 Å². The number of ketones is 1. The Morgan fingerprint density at radius 3 is 2.61 bits per heavy atom. The highest BCUT2D eigenvalue weighted by Gasteiger charge is 2.26. The fourth-order valence-electron chi connectivity index (χ4n) is 3.45. The van der Waals surface area contributed by atoms with Crippen LogP contribution in [0.1, 0.15) is 51.9 Å². The average molecular weight is 252 g/mol. The highest BCUT2D eigenvalue weighted by molar-refractivity contribution is 5.82. The third kappa shape index (κ3) is 3.79. The lowest BCUT2D eigenvalue weighted by molar-refractivity contribution is -0.120. The molecule has 2 fully saturated rings. The maximum atomic E-state index is 11.7. The number of nitrogens with zero attached hydrogens (tertiary/aromatic N) is 1. The molecule has 1 unspecified atom stereocenters. The van der Waals surface area contributed by atoms with Gasteiger partial charge in [-0.3, -0.25) is 4.79 Å². The van der Waals surface area contributed by atoms with Crippen molar-refractivity contribution in [1.82, 2.24) is 10.2 Å². The van der Waals surface area contributed by atoms with Crippen LogP contribution in [0.2, 0.25) is 0 Å². The summed E-state index contributed by atoms with van der Waals surface area (Å²) >= 11 is 0. The number of carbonyl (C=O) groups is 1. The van der Waals surface area contributed by atoms with Gasteiger partial charge in [-0.15, -0.1) is 0 Å². The zero-order chi connectivity index (χ0) is 12.8. The molecule has 0 spiro atoms. The van der Waals surface area contributed by atoms with Gasteiger partial charge in [0.1, 0.15) is 5.78 Å². The first kappa shape index (κ1) is 14.0. The van der Waals surface area contributed by atoms with Crippen molar-refractivity contribution in [3.63, 3.8) is 0 Å². The summed E-state index contributed by atoms with van der Waals surface area (Å²) in [5, 5.41) is 3.44. The Hall–Kier alpha value is -0.410. The Balaban J connectivity index is 1.79. The second-order valence-electron chi connectivity index (χ2n) is 5.86. The molecular weight excluding hydrogens is 224 g/mol. The van der Waals surface area contributed by atoms with Gasteiger partial charge in [-0.25, -0.2) is 0 Å². The Morgan fingerprint density at radius 1 is 1.22 bits per heavy atom. The first-order valence-electron chi connectivity index (χ1n) is 7.78. The van der Waals surface area contributed by atoms with Crippen molar-refractivity contribution in [3.05, 3.63) is 0 Å². The Morgan fingerprint density at radius 2 is 2.00 bits per heavy atom. The van der Waals surface area contributed by atoms with E-state index >= 15 is 0 Å². The van der Waals surface area contributed by atoms with Gasteiger partial charge in [0.25, 0.3) is 0 Å². The molecular formula is C15H28N2O. The zero-order valence-electron chi connectivity index (χ0n) is 11.8. The predicted octanol–water partition coefficient (Wildman–Crippen LogP) is 2.21. The van der Waals surface area contributed by atoms with Gasteiger partial charge in [-0.1, -0.05) is 6.92 Å². The molecule has 3 nitrogen and oxygen atoms in total. The van der Waals surface area contributed by atoms with Crippen LogP contribution in [-0.2, 0) is 4.79 Å². The molecule has 0 aromatic rings. The summed E-state index contributed by atoms with van der Waals surface area (Å²) < 4.78 is 0. The summed E-state index contributed by atoms with van der Waals surface area (Å²) in [6.07, 6.45) is 7.99. The molecule has 2 rings (SSSR count). The molecule has 1 heterocycles. The van der Waals surface area contributed by atoms with Gasteiger partial charge in [-0.05, 0) is 64.7 Å². The van der Waals surface area contributed by atoms with Crippen molar-refractivity contribution in [3.8, 4) is 0 Å². The summed E-state index contributed by atoms with van der Waals surface area (Å²) in [4.78, 5) is 14.3. The summed E-state index contributed by atoms with van der Waals surface area (Å²) in [5.74, 6) is 0.905. The Bertz CT molecular complexity index is 261. The van der Waals surface area contributed by atoms with Gasteiger partial charge in [0, 0.05) is 18.4 Å². The van der Waals surface area contributed by atoms with E-state index in [4.69, 9.17) is 0 Å². The van der Waals surface area contributed by atoms with Crippen LogP contribution in [0.15, 0.2) is 0 Å². The normalized spacial score (nSPS) is 26.1. The van der Waals surface area contributed by atoms with Gasteiger partial charge in [-0.2, -0.15) is 0 Å². The molecule has 0 aromatic carbocycles. The van der Waals surface area contributed by atoms with Crippen molar-refractivity contribution < 1.29 is 4.79 Å². The predicted molar refractivity (Wildman–Crippen MR) is 74.7 cm³/mol. The Kier molecular flexibility index (Phi) is 5.64. The van der Waals surface area contributed by atoms with E-state index in [1.54, 1.807) is 0 Å². The number of carbonyl (C=O) groups excluding carboxylic acids is 1. The molecule has 0 amide bonds. The smallest absolute Gasteiger partial charge is 0.136 e. The fraction of sp³-hybridized carbons (Fsp3) is 0.933. The van der Waals surface area contributed by atoms with E-state index < -0.39 is 0 Å². The first-order chi connectivity index (χ1) is 8.81. The first-order valence-corrected chi connectivity index (χ1v) is 7.78. The SMILES string of the molecule is CCCN(CCC1CCCC1=O)C1CCNCC1. The second-order valence-corrected chi connectivity index (χ2v) is 5.86. The van der Waals surface area contributed by atoms with Crippen LogP contribution < -0.4 is 5.32 Å². The summed E-state index contributed by atoms with van der Waals surface area (Å²) in [7, 11) is 0. The summed E-state index contributed by atoms with van der Waals surface area (Å²) in [5.41, 5.74) is 0. The molecule has 1 saturated carbocycles. The molecule has 3 heteroatoms.